The van der Waals surface area contributed by atoms with Gasteiger partial charge in [0.15, 0.2) is 0 Å². The van der Waals surface area contributed by atoms with Crippen molar-refractivity contribution in [2.24, 2.45) is 5.73 Å². The molecule has 0 aromatic heterocycles. The fourth-order valence-electron chi connectivity index (χ4n) is 1.87. The minimum absolute atomic E-state index is 0. The largest absolute Gasteiger partial charge is 0.435 e. The molecule has 0 aliphatic heterocycles. The van der Waals surface area contributed by atoms with Gasteiger partial charge in [-0.15, -0.1) is 12.4 Å². The van der Waals surface area contributed by atoms with Gasteiger partial charge >= 0.3 is 6.61 Å². The van der Waals surface area contributed by atoms with E-state index in [1.165, 1.54) is 0 Å². The molecule has 2 rings (SSSR count). The number of ether oxygens (including phenoxy) is 1. The summed E-state index contributed by atoms with van der Waals surface area (Å²) in [6.07, 6.45) is 0.718. The Kier molecular flexibility index (Phi) is 5.31. The van der Waals surface area contributed by atoms with E-state index in [4.69, 9.17) is 5.73 Å². The number of hydrogen-bond acceptors (Lipinski definition) is 2. The maximum Gasteiger partial charge on any atom is 0.387 e. The fourth-order valence-corrected chi connectivity index (χ4v) is 1.87. The molecule has 5 heteroatoms. The molecule has 0 amide bonds. The second kappa shape index (κ2) is 6.52. The van der Waals surface area contributed by atoms with Gasteiger partial charge in [-0.1, -0.05) is 24.3 Å². The Hall–Kier alpha value is -1.39. The van der Waals surface area contributed by atoms with Gasteiger partial charge in [-0.05, 0) is 41.4 Å². The van der Waals surface area contributed by atoms with Gasteiger partial charge < -0.3 is 10.5 Å². The van der Waals surface area contributed by atoms with E-state index in [1.807, 2.05) is 18.2 Å². The average Bonchev–Trinajstić information content (AvgIpc) is 2.29. The summed E-state index contributed by atoms with van der Waals surface area (Å²) in [5.74, 6) is 0.178. The van der Waals surface area contributed by atoms with Crippen LogP contribution in [0.25, 0.3) is 10.8 Å². The van der Waals surface area contributed by atoms with Gasteiger partial charge in [0, 0.05) is 0 Å². The van der Waals surface area contributed by atoms with Gasteiger partial charge in [0.1, 0.15) is 5.75 Å². The first kappa shape index (κ1) is 14.7. The first-order valence-electron chi connectivity index (χ1n) is 5.37. The molecular weight excluding hydrogens is 260 g/mol. The first-order chi connectivity index (χ1) is 8.20. The van der Waals surface area contributed by atoms with Crippen LogP contribution in [0.15, 0.2) is 36.4 Å². The minimum Gasteiger partial charge on any atom is -0.435 e. The van der Waals surface area contributed by atoms with Crippen molar-refractivity contribution in [1.29, 1.82) is 0 Å². The number of nitrogens with two attached hydrogens (primary N) is 1. The van der Waals surface area contributed by atoms with Crippen molar-refractivity contribution in [2.45, 2.75) is 13.0 Å². The van der Waals surface area contributed by atoms with E-state index in [-0.39, 0.29) is 18.2 Å². The average molecular weight is 274 g/mol. The molecule has 18 heavy (non-hydrogen) atoms. The lowest BCUT2D eigenvalue weighted by Gasteiger charge is -2.08. The third kappa shape index (κ3) is 3.31. The van der Waals surface area contributed by atoms with E-state index in [0.717, 1.165) is 22.8 Å². The molecule has 2 aromatic carbocycles. The van der Waals surface area contributed by atoms with Gasteiger partial charge in [-0.25, -0.2) is 0 Å². The van der Waals surface area contributed by atoms with Crippen molar-refractivity contribution < 1.29 is 13.5 Å². The smallest absolute Gasteiger partial charge is 0.387 e. The van der Waals surface area contributed by atoms with E-state index in [1.54, 1.807) is 18.2 Å². The van der Waals surface area contributed by atoms with Crippen molar-refractivity contribution >= 4 is 23.2 Å². The fraction of sp³-hybridized carbons (Fsp3) is 0.231. The van der Waals surface area contributed by atoms with Crippen LogP contribution in [-0.2, 0) is 6.42 Å². The summed E-state index contributed by atoms with van der Waals surface area (Å²) in [7, 11) is 0. The molecule has 0 bridgehead atoms. The highest BCUT2D eigenvalue weighted by Gasteiger charge is 2.06. The minimum atomic E-state index is -2.80. The Balaban J connectivity index is 0.00000162. The monoisotopic (exact) mass is 273 g/mol. The lowest BCUT2D eigenvalue weighted by atomic mass is 10.0. The molecule has 0 saturated heterocycles. The van der Waals surface area contributed by atoms with Gasteiger partial charge in [0.05, 0.1) is 0 Å². The van der Waals surface area contributed by atoms with Gasteiger partial charge in [-0.3, -0.25) is 0 Å². The summed E-state index contributed by atoms with van der Waals surface area (Å²) in [5.41, 5.74) is 6.57. The van der Waals surface area contributed by atoms with Crippen LogP contribution in [-0.4, -0.2) is 13.2 Å². The molecule has 98 valence electrons. The molecule has 0 heterocycles. The van der Waals surface area contributed by atoms with Crippen molar-refractivity contribution in [1.82, 2.24) is 0 Å². The lowest BCUT2D eigenvalue weighted by molar-refractivity contribution is -0.0497. The van der Waals surface area contributed by atoms with Crippen LogP contribution < -0.4 is 10.5 Å². The number of benzene rings is 2. The molecule has 0 aliphatic carbocycles. The molecule has 0 spiro atoms. The molecule has 2 nitrogen and oxygen atoms in total. The van der Waals surface area contributed by atoms with Crippen LogP contribution in [0.2, 0.25) is 0 Å². The highest BCUT2D eigenvalue weighted by molar-refractivity contribution is 5.87. The number of rotatable bonds is 4. The second-order valence-corrected chi connectivity index (χ2v) is 3.72. The Morgan fingerprint density at radius 2 is 1.94 bits per heavy atom. The zero-order valence-corrected chi connectivity index (χ0v) is 10.4. The zero-order valence-electron chi connectivity index (χ0n) is 9.61. The SMILES string of the molecule is Cl.NCCc1cccc2ccc(OC(F)F)cc12. The standard InChI is InChI=1S/C13H13F2NO.ClH/c14-13(15)17-11-5-4-9-2-1-3-10(6-7-16)12(9)8-11;/h1-5,8,13H,6-7,16H2;1H. The van der Waals surface area contributed by atoms with Gasteiger partial charge in [-0.2, -0.15) is 8.78 Å². The van der Waals surface area contributed by atoms with Crippen molar-refractivity contribution in [3.05, 3.63) is 42.0 Å². The molecule has 2 aromatic rings. The van der Waals surface area contributed by atoms with Crippen LogP contribution in [0.3, 0.4) is 0 Å². The van der Waals surface area contributed by atoms with E-state index in [0.29, 0.717) is 6.54 Å². The number of fused-ring (bicyclic) bond motifs is 1. The highest BCUT2D eigenvalue weighted by Crippen LogP contribution is 2.25. The summed E-state index contributed by atoms with van der Waals surface area (Å²) < 4.78 is 28.6. The molecule has 0 atom stereocenters. The maximum absolute atomic E-state index is 12.1. The summed E-state index contributed by atoms with van der Waals surface area (Å²) in [6.45, 7) is -2.27. The highest BCUT2D eigenvalue weighted by atomic mass is 35.5. The van der Waals surface area contributed by atoms with E-state index in [2.05, 4.69) is 4.74 Å². The maximum atomic E-state index is 12.1. The number of halogens is 3. The third-order valence-electron chi connectivity index (χ3n) is 2.58. The summed E-state index contributed by atoms with van der Waals surface area (Å²) in [6, 6.07) is 10.8. The normalized spacial score (nSPS) is 10.4. The summed E-state index contributed by atoms with van der Waals surface area (Å²) >= 11 is 0. The first-order valence-corrected chi connectivity index (χ1v) is 5.37. The predicted molar refractivity (Wildman–Crippen MR) is 70.6 cm³/mol. The predicted octanol–water partition coefficient (Wildman–Crippen LogP) is 3.36. The Morgan fingerprint density at radius 1 is 1.17 bits per heavy atom. The van der Waals surface area contributed by atoms with Crippen molar-refractivity contribution in [2.75, 3.05) is 6.54 Å². The molecule has 2 N–H and O–H groups in total. The van der Waals surface area contributed by atoms with Crippen LogP contribution in [0.1, 0.15) is 5.56 Å². The van der Waals surface area contributed by atoms with Crippen LogP contribution in [0, 0.1) is 0 Å². The van der Waals surface area contributed by atoms with E-state index in [9.17, 15) is 8.78 Å². The second-order valence-electron chi connectivity index (χ2n) is 3.72. The topological polar surface area (TPSA) is 35.2 Å². The molecular formula is C13H14ClF2NO. The molecule has 0 unspecified atom stereocenters. The Labute approximate surface area is 110 Å². The van der Waals surface area contributed by atoms with Gasteiger partial charge in [0.2, 0.25) is 0 Å². The van der Waals surface area contributed by atoms with Gasteiger partial charge in [0.25, 0.3) is 0 Å². The number of hydrogen-bond donors (Lipinski definition) is 1. The quantitative estimate of drug-likeness (QED) is 0.927. The summed E-state index contributed by atoms with van der Waals surface area (Å²) in [5, 5.41) is 1.91. The molecule has 0 fully saturated rings. The third-order valence-corrected chi connectivity index (χ3v) is 2.58. The van der Waals surface area contributed by atoms with Crippen LogP contribution >= 0.6 is 12.4 Å². The Morgan fingerprint density at radius 3 is 2.61 bits per heavy atom. The van der Waals surface area contributed by atoms with E-state index < -0.39 is 6.61 Å². The molecule has 0 aliphatic rings. The van der Waals surface area contributed by atoms with E-state index >= 15 is 0 Å². The van der Waals surface area contributed by atoms with Crippen LogP contribution in [0.4, 0.5) is 8.78 Å². The van der Waals surface area contributed by atoms with Crippen molar-refractivity contribution in [3.63, 3.8) is 0 Å². The van der Waals surface area contributed by atoms with Crippen molar-refractivity contribution in [3.8, 4) is 5.75 Å². The summed E-state index contributed by atoms with van der Waals surface area (Å²) in [4.78, 5) is 0. The number of alkyl halides is 2. The lowest BCUT2D eigenvalue weighted by Crippen LogP contribution is -2.04. The molecule has 0 saturated carbocycles. The van der Waals surface area contributed by atoms with Crippen LogP contribution in [0.5, 0.6) is 5.75 Å². The zero-order chi connectivity index (χ0) is 12.3. The molecule has 0 radical (unpaired) electrons. The Bertz CT molecular complexity index is 519.